The Bertz CT molecular complexity index is 312. The van der Waals surface area contributed by atoms with Gasteiger partial charge in [0.15, 0.2) is 0 Å². The van der Waals surface area contributed by atoms with E-state index in [0.717, 1.165) is 6.54 Å². The molecule has 0 saturated heterocycles. The van der Waals surface area contributed by atoms with Gasteiger partial charge in [0.2, 0.25) is 0 Å². The molecule has 1 aromatic carbocycles. The Labute approximate surface area is 92.2 Å². The Morgan fingerprint density at radius 3 is 3.08 bits per heavy atom. The summed E-state index contributed by atoms with van der Waals surface area (Å²) < 4.78 is 1.28. The van der Waals surface area contributed by atoms with Gasteiger partial charge in [-0.2, -0.15) is 0 Å². The van der Waals surface area contributed by atoms with E-state index < -0.39 is 0 Å². The van der Waals surface area contributed by atoms with Crippen molar-refractivity contribution < 1.29 is 0 Å². The minimum atomic E-state index is 0.564. The highest BCUT2D eigenvalue weighted by Gasteiger charge is 2.10. The second-order valence-corrected chi connectivity index (χ2v) is 4.70. The van der Waals surface area contributed by atoms with E-state index in [9.17, 15) is 0 Å². The fraction of sp³-hybridized carbons (Fsp3) is 0.400. The monoisotopic (exact) mass is 288 g/mol. The van der Waals surface area contributed by atoms with Gasteiger partial charge in [0, 0.05) is 16.2 Å². The standard InChI is InChI=1S/C10H13IN2/c1-7-4-5-12-10-6-8(11)2-3-9(10)13-7/h2-3,6-7,12-13H,4-5H2,1H3. The van der Waals surface area contributed by atoms with Crippen LogP contribution in [0.15, 0.2) is 18.2 Å². The molecule has 0 aromatic heterocycles. The highest BCUT2D eigenvalue weighted by atomic mass is 127. The molecule has 0 bridgehead atoms. The first kappa shape index (κ1) is 9.12. The van der Waals surface area contributed by atoms with Crippen LogP contribution >= 0.6 is 22.6 Å². The van der Waals surface area contributed by atoms with Crippen LogP contribution in [0.5, 0.6) is 0 Å². The van der Waals surface area contributed by atoms with Gasteiger partial charge in [0.25, 0.3) is 0 Å². The molecule has 13 heavy (non-hydrogen) atoms. The van der Waals surface area contributed by atoms with Crippen molar-refractivity contribution in [2.24, 2.45) is 0 Å². The third kappa shape index (κ3) is 2.07. The Balaban J connectivity index is 2.34. The fourth-order valence-corrected chi connectivity index (χ4v) is 2.04. The number of anilines is 2. The molecule has 0 radical (unpaired) electrons. The maximum Gasteiger partial charge on any atom is 0.0586 e. The van der Waals surface area contributed by atoms with Crippen LogP contribution in [0.1, 0.15) is 13.3 Å². The number of benzene rings is 1. The summed E-state index contributed by atoms with van der Waals surface area (Å²) >= 11 is 2.34. The van der Waals surface area contributed by atoms with Crippen molar-refractivity contribution in [3.05, 3.63) is 21.8 Å². The van der Waals surface area contributed by atoms with Gasteiger partial charge in [-0.15, -0.1) is 0 Å². The van der Waals surface area contributed by atoms with E-state index in [-0.39, 0.29) is 0 Å². The molecule has 0 aliphatic carbocycles. The van der Waals surface area contributed by atoms with Crippen LogP contribution in [-0.2, 0) is 0 Å². The minimum Gasteiger partial charge on any atom is -0.383 e. The Hall–Kier alpha value is -0.450. The summed E-state index contributed by atoms with van der Waals surface area (Å²) in [7, 11) is 0. The minimum absolute atomic E-state index is 0.564. The summed E-state index contributed by atoms with van der Waals surface area (Å²) in [5, 5.41) is 6.91. The molecule has 70 valence electrons. The number of rotatable bonds is 0. The molecule has 1 aliphatic rings. The second kappa shape index (κ2) is 3.74. The van der Waals surface area contributed by atoms with Crippen molar-refractivity contribution in [1.82, 2.24) is 0 Å². The number of halogens is 1. The van der Waals surface area contributed by atoms with Crippen molar-refractivity contribution >= 4 is 34.0 Å². The van der Waals surface area contributed by atoms with E-state index >= 15 is 0 Å². The first-order chi connectivity index (χ1) is 6.25. The summed E-state index contributed by atoms with van der Waals surface area (Å²) in [6.07, 6.45) is 1.17. The molecule has 3 heteroatoms. The predicted molar refractivity (Wildman–Crippen MR) is 65.4 cm³/mol. The SMILES string of the molecule is CC1CCNc2cc(I)ccc2N1. The molecule has 0 saturated carbocycles. The van der Waals surface area contributed by atoms with Gasteiger partial charge in [-0.25, -0.2) is 0 Å². The van der Waals surface area contributed by atoms with Gasteiger partial charge in [-0.1, -0.05) is 0 Å². The van der Waals surface area contributed by atoms with Gasteiger partial charge in [0.1, 0.15) is 0 Å². The molecule has 1 aliphatic heterocycles. The first-order valence-electron chi connectivity index (χ1n) is 4.55. The maximum absolute atomic E-state index is 3.48. The molecule has 2 nitrogen and oxygen atoms in total. The van der Waals surface area contributed by atoms with Crippen molar-refractivity contribution in [3.8, 4) is 0 Å². The Morgan fingerprint density at radius 2 is 2.23 bits per heavy atom. The van der Waals surface area contributed by atoms with E-state index in [2.05, 4.69) is 58.3 Å². The zero-order valence-electron chi connectivity index (χ0n) is 7.60. The molecule has 1 heterocycles. The number of hydrogen-bond donors (Lipinski definition) is 2. The summed E-state index contributed by atoms with van der Waals surface area (Å²) in [6.45, 7) is 3.27. The number of nitrogens with one attached hydrogen (secondary N) is 2. The van der Waals surface area contributed by atoms with E-state index in [0.29, 0.717) is 6.04 Å². The van der Waals surface area contributed by atoms with Gasteiger partial charge in [-0.05, 0) is 54.1 Å². The molecule has 0 fully saturated rings. The van der Waals surface area contributed by atoms with Crippen molar-refractivity contribution in [3.63, 3.8) is 0 Å². The Morgan fingerprint density at radius 1 is 1.38 bits per heavy atom. The van der Waals surface area contributed by atoms with Crippen LogP contribution in [0, 0.1) is 3.57 Å². The molecule has 2 rings (SSSR count). The lowest BCUT2D eigenvalue weighted by Gasteiger charge is -2.11. The van der Waals surface area contributed by atoms with Crippen LogP contribution in [0.3, 0.4) is 0 Å². The first-order valence-corrected chi connectivity index (χ1v) is 5.63. The van der Waals surface area contributed by atoms with Gasteiger partial charge < -0.3 is 10.6 Å². The fourth-order valence-electron chi connectivity index (χ4n) is 1.55. The average molecular weight is 288 g/mol. The molecule has 1 atom stereocenters. The second-order valence-electron chi connectivity index (χ2n) is 3.45. The lowest BCUT2D eigenvalue weighted by Crippen LogP contribution is -2.14. The molecule has 0 amide bonds. The third-order valence-corrected chi connectivity index (χ3v) is 2.95. The normalized spacial score (nSPS) is 20.9. The van der Waals surface area contributed by atoms with Crippen LogP contribution in [-0.4, -0.2) is 12.6 Å². The summed E-state index contributed by atoms with van der Waals surface area (Å²) in [6, 6.07) is 7.02. The van der Waals surface area contributed by atoms with Crippen molar-refractivity contribution in [2.75, 3.05) is 17.2 Å². The van der Waals surface area contributed by atoms with E-state index in [1.54, 1.807) is 0 Å². The highest BCUT2D eigenvalue weighted by Crippen LogP contribution is 2.27. The largest absolute Gasteiger partial charge is 0.383 e. The lowest BCUT2D eigenvalue weighted by atomic mass is 10.2. The smallest absolute Gasteiger partial charge is 0.0586 e. The lowest BCUT2D eigenvalue weighted by molar-refractivity contribution is 0.745. The topological polar surface area (TPSA) is 24.1 Å². The van der Waals surface area contributed by atoms with E-state index in [4.69, 9.17) is 0 Å². The summed E-state index contributed by atoms with van der Waals surface area (Å²) in [5.74, 6) is 0. The highest BCUT2D eigenvalue weighted by molar-refractivity contribution is 14.1. The zero-order chi connectivity index (χ0) is 9.26. The van der Waals surface area contributed by atoms with Crippen LogP contribution in [0.25, 0.3) is 0 Å². The van der Waals surface area contributed by atoms with Gasteiger partial charge in [-0.3, -0.25) is 0 Å². The quantitative estimate of drug-likeness (QED) is 0.717. The molecular weight excluding hydrogens is 275 g/mol. The third-order valence-electron chi connectivity index (χ3n) is 2.28. The number of fused-ring (bicyclic) bond motifs is 1. The van der Waals surface area contributed by atoms with E-state index in [1.807, 2.05) is 0 Å². The summed E-state index contributed by atoms with van der Waals surface area (Å²) in [4.78, 5) is 0. The maximum atomic E-state index is 3.48. The Kier molecular flexibility index (Phi) is 2.62. The average Bonchev–Trinajstić information content (AvgIpc) is 2.25. The van der Waals surface area contributed by atoms with Crippen molar-refractivity contribution in [1.29, 1.82) is 0 Å². The van der Waals surface area contributed by atoms with Crippen LogP contribution in [0.4, 0.5) is 11.4 Å². The molecule has 1 unspecified atom stereocenters. The molecule has 1 aromatic rings. The molecular formula is C10H13IN2. The van der Waals surface area contributed by atoms with Crippen LogP contribution < -0.4 is 10.6 Å². The number of hydrogen-bond acceptors (Lipinski definition) is 2. The van der Waals surface area contributed by atoms with Gasteiger partial charge >= 0.3 is 0 Å². The summed E-state index contributed by atoms with van der Waals surface area (Å²) in [5.41, 5.74) is 2.46. The van der Waals surface area contributed by atoms with Crippen molar-refractivity contribution in [2.45, 2.75) is 19.4 Å². The van der Waals surface area contributed by atoms with Gasteiger partial charge in [0.05, 0.1) is 11.4 Å². The molecule has 2 N–H and O–H groups in total. The predicted octanol–water partition coefficient (Wildman–Crippen LogP) is 2.91. The van der Waals surface area contributed by atoms with E-state index in [1.165, 1.54) is 21.4 Å². The molecule has 0 spiro atoms. The zero-order valence-corrected chi connectivity index (χ0v) is 9.76. The van der Waals surface area contributed by atoms with Crippen LogP contribution in [0.2, 0.25) is 0 Å².